The maximum atomic E-state index is 12.1. The Kier molecular flexibility index (Phi) is 22.8. The number of aliphatic imine (C=N–C) groups is 1. The van der Waals surface area contributed by atoms with E-state index in [9.17, 15) is 4.79 Å². The van der Waals surface area contributed by atoms with Crippen LogP contribution in [0.2, 0.25) is 0 Å². The number of nitrogens with one attached hydrogen (secondary N) is 1. The quantitative estimate of drug-likeness (QED) is 0.0744. The molecule has 0 fully saturated rings. The first-order valence-electron chi connectivity index (χ1n) is 14.1. The summed E-state index contributed by atoms with van der Waals surface area (Å²) >= 11 is 0. The maximum Gasteiger partial charge on any atom is 0.244 e. The summed E-state index contributed by atoms with van der Waals surface area (Å²) in [6.07, 6.45) is 29.3. The predicted molar refractivity (Wildman–Crippen MR) is 148 cm³/mol. The van der Waals surface area contributed by atoms with E-state index < -0.39 is 0 Å². The summed E-state index contributed by atoms with van der Waals surface area (Å²) < 4.78 is 0. The van der Waals surface area contributed by atoms with Gasteiger partial charge in [-0.1, -0.05) is 135 Å². The van der Waals surface area contributed by atoms with Crippen LogP contribution < -0.4 is 5.32 Å². The fourth-order valence-corrected chi connectivity index (χ4v) is 4.22. The average molecular weight is 461 g/mol. The Morgan fingerprint density at radius 2 is 1.21 bits per heavy atom. The summed E-state index contributed by atoms with van der Waals surface area (Å²) in [5.41, 5.74) is 1.04. The van der Waals surface area contributed by atoms with E-state index in [0.29, 0.717) is 5.92 Å². The van der Waals surface area contributed by atoms with Gasteiger partial charge in [-0.05, 0) is 26.2 Å². The van der Waals surface area contributed by atoms with Gasteiger partial charge in [0.2, 0.25) is 5.91 Å². The molecule has 0 aliphatic carbocycles. The summed E-state index contributed by atoms with van der Waals surface area (Å²) in [4.78, 5) is 16.8. The van der Waals surface area contributed by atoms with Crippen LogP contribution in [0.25, 0.3) is 0 Å². The Morgan fingerprint density at radius 1 is 0.758 bits per heavy atom. The fraction of sp³-hybridized carbons (Fsp3) is 0.800. The number of nitrogens with zero attached hydrogens (tertiary/aromatic N) is 1. The third-order valence-electron chi connectivity index (χ3n) is 6.34. The van der Waals surface area contributed by atoms with Crippen molar-refractivity contribution >= 4 is 11.6 Å². The maximum absolute atomic E-state index is 12.1. The molecule has 33 heavy (non-hydrogen) atoms. The van der Waals surface area contributed by atoms with Crippen molar-refractivity contribution in [3.63, 3.8) is 0 Å². The zero-order valence-electron chi connectivity index (χ0n) is 22.8. The molecule has 3 nitrogen and oxygen atoms in total. The highest BCUT2D eigenvalue weighted by atomic mass is 16.1. The molecule has 1 unspecified atom stereocenters. The SMILES string of the molecule is CC=C/C=C/C(=O)NC(C(C)=NCCCCCCCCCCCCCCCCCC)C(C)C. The first kappa shape index (κ1) is 31.6. The van der Waals surface area contributed by atoms with Gasteiger partial charge in [0, 0.05) is 18.3 Å². The third-order valence-corrected chi connectivity index (χ3v) is 6.34. The Balaban J connectivity index is 3.71. The van der Waals surface area contributed by atoms with Crippen molar-refractivity contribution in [3.8, 4) is 0 Å². The second-order valence-corrected chi connectivity index (χ2v) is 9.94. The standard InChI is InChI=1S/C30H56N2O/c1-6-8-10-11-12-13-14-15-16-17-18-19-20-21-22-24-26-31-28(5)30(27(3)4)32-29(33)25-23-9-7-2/h7,9,23,25,27,30H,6,8,10-22,24,26H2,1-5H3,(H,32,33)/b9-7?,25-23+,31-28?. The lowest BCUT2D eigenvalue weighted by Gasteiger charge is -2.21. The van der Waals surface area contributed by atoms with Gasteiger partial charge in [-0.15, -0.1) is 0 Å². The van der Waals surface area contributed by atoms with Crippen molar-refractivity contribution in [3.05, 3.63) is 24.3 Å². The second kappa shape index (κ2) is 23.8. The predicted octanol–water partition coefficient (Wildman–Crippen LogP) is 8.98. The average Bonchev–Trinajstić information content (AvgIpc) is 2.79. The van der Waals surface area contributed by atoms with E-state index in [2.05, 4.69) is 26.1 Å². The second-order valence-electron chi connectivity index (χ2n) is 9.94. The lowest BCUT2D eigenvalue weighted by Crippen LogP contribution is -2.42. The first-order chi connectivity index (χ1) is 16.0. The van der Waals surface area contributed by atoms with Crippen LogP contribution in [0.1, 0.15) is 137 Å². The number of allylic oxidation sites excluding steroid dienone is 3. The van der Waals surface area contributed by atoms with Gasteiger partial charge in [0.25, 0.3) is 0 Å². The molecule has 0 heterocycles. The highest BCUT2D eigenvalue weighted by Crippen LogP contribution is 2.14. The number of hydrogen-bond donors (Lipinski definition) is 1. The van der Waals surface area contributed by atoms with E-state index in [0.717, 1.165) is 18.7 Å². The largest absolute Gasteiger partial charge is 0.344 e. The molecule has 0 rings (SSSR count). The van der Waals surface area contributed by atoms with Crippen LogP contribution in [0.5, 0.6) is 0 Å². The van der Waals surface area contributed by atoms with Gasteiger partial charge in [-0.3, -0.25) is 9.79 Å². The first-order valence-corrected chi connectivity index (χ1v) is 14.1. The minimum absolute atomic E-state index is 0.00816. The van der Waals surface area contributed by atoms with E-state index in [1.54, 1.807) is 12.2 Å². The van der Waals surface area contributed by atoms with Crippen LogP contribution in [0.3, 0.4) is 0 Å². The van der Waals surface area contributed by atoms with E-state index in [1.807, 2.05) is 26.0 Å². The summed E-state index contributed by atoms with van der Waals surface area (Å²) in [6, 6.07) is 0.00816. The van der Waals surface area contributed by atoms with E-state index in [1.165, 1.54) is 96.3 Å². The van der Waals surface area contributed by atoms with Crippen LogP contribution >= 0.6 is 0 Å². The van der Waals surface area contributed by atoms with Gasteiger partial charge < -0.3 is 5.32 Å². The van der Waals surface area contributed by atoms with Gasteiger partial charge >= 0.3 is 0 Å². The number of hydrogen-bond acceptors (Lipinski definition) is 2. The third kappa shape index (κ3) is 20.9. The molecule has 0 aromatic rings. The number of carbonyl (C=O) groups excluding carboxylic acids is 1. The van der Waals surface area contributed by atoms with Crippen LogP contribution in [-0.4, -0.2) is 24.2 Å². The van der Waals surface area contributed by atoms with E-state index >= 15 is 0 Å². The summed E-state index contributed by atoms with van der Waals surface area (Å²) in [7, 11) is 0. The molecule has 0 aromatic carbocycles. The Morgan fingerprint density at radius 3 is 1.64 bits per heavy atom. The van der Waals surface area contributed by atoms with Crippen molar-refractivity contribution in [2.24, 2.45) is 10.9 Å². The van der Waals surface area contributed by atoms with Gasteiger partial charge in [0.1, 0.15) is 0 Å². The summed E-state index contributed by atoms with van der Waals surface area (Å²) in [6.45, 7) is 11.4. The van der Waals surface area contributed by atoms with E-state index in [4.69, 9.17) is 4.99 Å². The Bertz CT molecular complexity index is 533. The topological polar surface area (TPSA) is 41.5 Å². The minimum atomic E-state index is -0.0521. The highest BCUT2D eigenvalue weighted by Gasteiger charge is 2.17. The minimum Gasteiger partial charge on any atom is -0.344 e. The zero-order chi connectivity index (χ0) is 24.6. The monoisotopic (exact) mass is 460 g/mol. The van der Waals surface area contributed by atoms with Crippen molar-refractivity contribution in [2.45, 2.75) is 143 Å². The molecule has 0 spiro atoms. The van der Waals surface area contributed by atoms with Gasteiger partial charge in [0.15, 0.2) is 0 Å². The molecule has 3 heteroatoms. The molecule has 1 N–H and O–H groups in total. The molecule has 0 radical (unpaired) electrons. The van der Waals surface area contributed by atoms with Crippen LogP contribution in [-0.2, 0) is 4.79 Å². The Labute approximate surface area is 207 Å². The molecular weight excluding hydrogens is 404 g/mol. The highest BCUT2D eigenvalue weighted by molar-refractivity contribution is 5.95. The number of rotatable bonds is 22. The molecule has 0 aliphatic heterocycles. The van der Waals surface area contributed by atoms with Crippen molar-refractivity contribution in [1.82, 2.24) is 5.32 Å². The summed E-state index contributed by atoms with van der Waals surface area (Å²) in [5, 5.41) is 3.09. The van der Waals surface area contributed by atoms with Crippen LogP contribution in [0.15, 0.2) is 29.3 Å². The normalized spacial score (nSPS) is 13.5. The molecule has 1 atom stereocenters. The molecule has 0 saturated heterocycles. The lowest BCUT2D eigenvalue weighted by atomic mass is 10.00. The van der Waals surface area contributed by atoms with Crippen LogP contribution in [0, 0.1) is 5.92 Å². The zero-order valence-corrected chi connectivity index (χ0v) is 22.8. The molecule has 0 saturated carbocycles. The number of unbranched alkanes of at least 4 members (excludes halogenated alkanes) is 15. The van der Waals surface area contributed by atoms with Crippen molar-refractivity contribution in [2.75, 3.05) is 6.54 Å². The van der Waals surface area contributed by atoms with Gasteiger partial charge in [-0.25, -0.2) is 0 Å². The molecule has 0 aromatic heterocycles. The van der Waals surface area contributed by atoms with Crippen LogP contribution in [0.4, 0.5) is 0 Å². The molecular formula is C30H56N2O. The molecule has 192 valence electrons. The smallest absolute Gasteiger partial charge is 0.244 e. The number of carbonyl (C=O) groups is 1. The van der Waals surface area contributed by atoms with Crippen molar-refractivity contribution < 1.29 is 4.79 Å². The van der Waals surface area contributed by atoms with Gasteiger partial charge in [0.05, 0.1) is 6.04 Å². The molecule has 1 amide bonds. The van der Waals surface area contributed by atoms with Gasteiger partial charge in [-0.2, -0.15) is 0 Å². The molecule has 0 bridgehead atoms. The molecule has 0 aliphatic rings. The number of amides is 1. The van der Waals surface area contributed by atoms with E-state index in [-0.39, 0.29) is 11.9 Å². The van der Waals surface area contributed by atoms with Crippen molar-refractivity contribution in [1.29, 1.82) is 0 Å². The summed E-state index contributed by atoms with van der Waals surface area (Å²) in [5.74, 6) is 0.280. The fourth-order valence-electron chi connectivity index (χ4n) is 4.22. The lowest BCUT2D eigenvalue weighted by molar-refractivity contribution is -0.117. The Hall–Kier alpha value is -1.38.